The van der Waals surface area contributed by atoms with Crippen LogP contribution in [0.3, 0.4) is 0 Å². The lowest BCUT2D eigenvalue weighted by Gasteiger charge is -2.33. The number of para-hydroxylation sites is 1. The molecule has 4 rings (SSSR count). The van der Waals surface area contributed by atoms with Crippen molar-refractivity contribution in [1.82, 2.24) is 9.29 Å². The Hall–Kier alpha value is -1.55. The van der Waals surface area contributed by atoms with E-state index in [1.807, 2.05) is 24.3 Å². The summed E-state index contributed by atoms with van der Waals surface area (Å²) in [5.41, 5.74) is 0.869. The fraction of sp³-hybridized carbons (Fsp3) is 0.579. The maximum absolute atomic E-state index is 13.5. The number of piperidine rings is 1. The largest absolute Gasteiger partial charge is 0.376 e. The van der Waals surface area contributed by atoms with Gasteiger partial charge in [-0.3, -0.25) is 9.69 Å². The molecule has 0 bridgehead atoms. The van der Waals surface area contributed by atoms with Crippen molar-refractivity contribution in [3.05, 3.63) is 24.3 Å². The molecule has 9 heteroatoms. The van der Waals surface area contributed by atoms with E-state index in [1.54, 1.807) is 4.90 Å². The molecule has 3 heterocycles. The van der Waals surface area contributed by atoms with Crippen LogP contribution in [0, 0.1) is 5.92 Å². The van der Waals surface area contributed by atoms with Crippen molar-refractivity contribution < 1.29 is 17.9 Å². The molecule has 0 aliphatic carbocycles. The third-order valence-corrected chi connectivity index (χ3v) is 7.72. The van der Waals surface area contributed by atoms with Gasteiger partial charge < -0.3 is 4.74 Å². The van der Waals surface area contributed by atoms with Crippen LogP contribution in [0.5, 0.6) is 0 Å². The van der Waals surface area contributed by atoms with E-state index < -0.39 is 10.0 Å². The van der Waals surface area contributed by atoms with E-state index in [0.29, 0.717) is 31.1 Å². The van der Waals surface area contributed by atoms with E-state index in [-0.39, 0.29) is 24.5 Å². The van der Waals surface area contributed by atoms with Crippen LogP contribution in [0.4, 0.5) is 5.13 Å². The number of rotatable bonds is 5. The number of anilines is 1. The summed E-state index contributed by atoms with van der Waals surface area (Å²) in [6, 6.07) is 7.83. The van der Waals surface area contributed by atoms with E-state index in [4.69, 9.17) is 4.74 Å². The predicted molar refractivity (Wildman–Crippen MR) is 110 cm³/mol. The van der Waals surface area contributed by atoms with Gasteiger partial charge in [-0.2, -0.15) is 0 Å². The van der Waals surface area contributed by atoms with Gasteiger partial charge in [0.05, 0.1) is 35.0 Å². The monoisotopic (exact) mass is 423 g/mol. The number of benzene rings is 1. The standard InChI is InChI=1S/C19H25N3O4S2/c1-28(24,25)21-10-4-6-14(12-21)18(23)22(13-15-7-5-11-26-15)19-20-16-8-2-3-9-17(16)27-19/h2-3,8-9,14-15H,4-7,10-13H2,1H3. The zero-order chi connectivity index (χ0) is 19.7. The second kappa shape index (κ2) is 8.06. The molecule has 2 aliphatic rings. The summed E-state index contributed by atoms with van der Waals surface area (Å²) >= 11 is 1.49. The zero-order valence-corrected chi connectivity index (χ0v) is 17.5. The van der Waals surface area contributed by atoms with Gasteiger partial charge in [-0.15, -0.1) is 0 Å². The molecule has 1 aromatic carbocycles. The van der Waals surface area contributed by atoms with Crippen LogP contribution in [0.15, 0.2) is 24.3 Å². The molecule has 2 unspecified atom stereocenters. The topological polar surface area (TPSA) is 79.8 Å². The quantitative estimate of drug-likeness (QED) is 0.738. The molecule has 2 fully saturated rings. The maximum Gasteiger partial charge on any atom is 0.233 e. The molecule has 1 amide bonds. The fourth-order valence-corrected chi connectivity index (χ4v) is 5.79. The second-order valence-electron chi connectivity index (χ2n) is 7.51. The number of thiazole rings is 1. The summed E-state index contributed by atoms with van der Waals surface area (Å²) in [6.07, 6.45) is 4.52. The van der Waals surface area contributed by atoms with Gasteiger partial charge in [-0.05, 0) is 37.8 Å². The highest BCUT2D eigenvalue weighted by molar-refractivity contribution is 7.88. The number of carbonyl (C=O) groups excluding carboxylic acids is 1. The van der Waals surface area contributed by atoms with Crippen molar-refractivity contribution >= 4 is 42.6 Å². The lowest BCUT2D eigenvalue weighted by atomic mass is 9.98. The SMILES string of the molecule is CS(=O)(=O)N1CCCC(C(=O)N(CC2CCCO2)c2nc3ccccc3s2)C1. The number of amides is 1. The van der Waals surface area contributed by atoms with Gasteiger partial charge in [0, 0.05) is 19.7 Å². The van der Waals surface area contributed by atoms with Crippen LogP contribution >= 0.6 is 11.3 Å². The molecular formula is C19H25N3O4S2. The molecule has 0 N–H and O–H groups in total. The Morgan fingerprint density at radius 1 is 1.32 bits per heavy atom. The van der Waals surface area contributed by atoms with Gasteiger partial charge in [0.2, 0.25) is 15.9 Å². The number of fused-ring (bicyclic) bond motifs is 1. The van der Waals surface area contributed by atoms with Gasteiger partial charge in [-0.25, -0.2) is 17.7 Å². The lowest BCUT2D eigenvalue weighted by molar-refractivity contribution is -0.123. The van der Waals surface area contributed by atoms with Crippen LogP contribution in [0.2, 0.25) is 0 Å². The Kier molecular flexibility index (Phi) is 5.69. The van der Waals surface area contributed by atoms with Crippen molar-refractivity contribution in [2.75, 3.05) is 37.4 Å². The smallest absolute Gasteiger partial charge is 0.233 e. The van der Waals surface area contributed by atoms with Crippen LogP contribution < -0.4 is 4.90 Å². The second-order valence-corrected chi connectivity index (χ2v) is 10.5. The maximum atomic E-state index is 13.5. The van der Waals surface area contributed by atoms with Gasteiger partial charge in [0.25, 0.3) is 0 Å². The summed E-state index contributed by atoms with van der Waals surface area (Å²) in [4.78, 5) is 19.9. The minimum atomic E-state index is -3.30. The summed E-state index contributed by atoms with van der Waals surface area (Å²) in [7, 11) is -3.30. The number of hydrogen-bond donors (Lipinski definition) is 0. The van der Waals surface area contributed by atoms with Crippen molar-refractivity contribution in [3.63, 3.8) is 0 Å². The molecule has 2 atom stereocenters. The van der Waals surface area contributed by atoms with E-state index >= 15 is 0 Å². The molecule has 2 saturated heterocycles. The summed E-state index contributed by atoms with van der Waals surface area (Å²) < 4.78 is 32.1. The van der Waals surface area contributed by atoms with Gasteiger partial charge in [0.15, 0.2) is 5.13 Å². The molecule has 28 heavy (non-hydrogen) atoms. The number of ether oxygens (including phenoxy) is 1. The third kappa shape index (κ3) is 4.22. The molecule has 2 aromatic rings. The first-order valence-electron chi connectivity index (χ1n) is 9.65. The molecule has 152 valence electrons. The normalized spacial score (nSPS) is 23.9. The minimum Gasteiger partial charge on any atom is -0.376 e. The summed E-state index contributed by atoms with van der Waals surface area (Å²) in [6.45, 7) is 1.91. The Bertz CT molecular complexity index is 920. The highest BCUT2D eigenvalue weighted by Gasteiger charge is 2.35. The summed E-state index contributed by atoms with van der Waals surface area (Å²) in [5.74, 6) is -0.403. The number of nitrogens with zero attached hydrogens (tertiary/aromatic N) is 3. The third-order valence-electron chi connectivity index (χ3n) is 5.39. The molecule has 1 aromatic heterocycles. The number of hydrogen-bond acceptors (Lipinski definition) is 6. The molecule has 2 aliphatic heterocycles. The highest BCUT2D eigenvalue weighted by atomic mass is 32.2. The van der Waals surface area contributed by atoms with Crippen molar-refractivity contribution in [3.8, 4) is 0 Å². The van der Waals surface area contributed by atoms with Crippen LogP contribution in [-0.2, 0) is 19.6 Å². The first-order valence-corrected chi connectivity index (χ1v) is 12.3. The molecule has 0 radical (unpaired) electrons. The minimum absolute atomic E-state index is 0.00515. The van der Waals surface area contributed by atoms with Gasteiger partial charge in [-0.1, -0.05) is 23.5 Å². The van der Waals surface area contributed by atoms with E-state index in [9.17, 15) is 13.2 Å². The zero-order valence-electron chi connectivity index (χ0n) is 15.9. The van der Waals surface area contributed by atoms with Crippen LogP contribution in [0.1, 0.15) is 25.7 Å². The lowest BCUT2D eigenvalue weighted by Crippen LogP contribution is -2.48. The number of sulfonamides is 1. The number of carbonyl (C=O) groups is 1. The molecule has 0 spiro atoms. The molecular weight excluding hydrogens is 398 g/mol. The first kappa shape index (κ1) is 19.8. The van der Waals surface area contributed by atoms with Crippen molar-refractivity contribution in [2.45, 2.75) is 31.8 Å². The Morgan fingerprint density at radius 2 is 2.14 bits per heavy atom. The van der Waals surface area contributed by atoms with E-state index in [1.165, 1.54) is 21.9 Å². The first-order chi connectivity index (χ1) is 13.4. The van der Waals surface area contributed by atoms with Gasteiger partial charge >= 0.3 is 0 Å². The fourth-order valence-electron chi connectivity index (χ4n) is 3.90. The predicted octanol–water partition coefficient (Wildman–Crippen LogP) is 2.48. The average Bonchev–Trinajstić information content (AvgIpc) is 3.34. The van der Waals surface area contributed by atoms with Crippen LogP contribution in [0.25, 0.3) is 10.2 Å². The highest BCUT2D eigenvalue weighted by Crippen LogP contribution is 2.32. The molecule has 0 saturated carbocycles. The van der Waals surface area contributed by atoms with Crippen molar-refractivity contribution in [1.29, 1.82) is 0 Å². The molecule has 7 nitrogen and oxygen atoms in total. The Labute approximate surface area is 169 Å². The Balaban J connectivity index is 1.61. The van der Waals surface area contributed by atoms with Crippen LogP contribution in [-0.4, -0.2) is 62.2 Å². The Morgan fingerprint density at radius 3 is 2.86 bits per heavy atom. The van der Waals surface area contributed by atoms with Crippen molar-refractivity contribution in [2.24, 2.45) is 5.92 Å². The number of aromatic nitrogens is 1. The van der Waals surface area contributed by atoms with E-state index in [0.717, 1.165) is 29.7 Å². The van der Waals surface area contributed by atoms with Gasteiger partial charge in [0.1, 0.15) is 0 Å². The van der Waals surface area contributed by atoms with E-state index in [2.05, 4.69) is 4.98 Å². The summed E-state index contributed by atoms with van der Waals surface area (Å²) in [5, 5.41) is 0.665. The average molecular weight is 424 g/mol.